The van der Waals surface area contributed by atoms with Gasteiger partial charge in [0.05, 0.1) is 12.2 Å². The molecule has 2 rings (SSSR count). The van der Waals surface area contributed by atoms with Gasteiger partial charge in [0.1, 0.15) is 0 Å². The summed E-state index contributed by atoms with van der Waals surface area (Å²) in [6.45, 7) is 10.6. The maximum atomic E-state index is 6.51. The fraction of sp³-hybridized carbons (Fsp3) is 1.00. The molecule has 2 aliphatic rings. The van der Waals surface area contributed by atoms with E-state index in [0.29, 0.717) is 23.7 Å². The monoisotopic (exact) mass is 267 g/mol. The minimum atomic E-state index is 0.466. The van der Waals surface area contributed by atoms with Crippen LogP contribution in [-0.4, -0.2) is 24.8 Å². The van der Waals surface area contributed by atoms with Crippen LogP contribution in [0, 0.1) is 11.3 Å². The molecule has 112 valence electrons. The van der Waals surface area contributed by atoms with Gasteiger partial charge < -0.3 is 10.1 Å². The molecule has 0 bridgehead atoms. The Balaban J connectivity index is 1.85. The van der Waals surface area contributed by atoms with Crippen molar-refractivity contribution >= 4 is 0 Å². The summed E-state index contributed by atoms with van der Waals surface area (Å²) in [5.41, 5.74) is 0.466. The van der Waals surface area contributed by atoms with E-state index in [0.717, 1.165) is 12.5 Å². The maximum absolute atomic E-state index is 6.51. The normalized spacial score (nSPS) is 38.5. The van der Waals surface area contributed by atoms with Gasteiger partial charge >= 0.3 is 0 Å². The SMILES string of the molecule is CCCNC1CCCC1OC1CC(C)CC(C)(C)C1. The van der Waals surface area contributed by atoms with Crippen LogP contribution in [0.4, 0.5) is 0 Å². The molecule has 19 heavy (non-hydrogen) atoms. The van der Waals surface area contributed by atoms with Crippen LogP contribution in [0.1, 0.15) is 72.6 Å². The summed E-state index contributed by atoms with van der Waals surface area (Å²) in [6.07, 6.45) is 9.94. The third kappa shape index (κ3) is 4.46. The molecule has 2 heteroatoms. The summed E-state index contributed by atoms with van der Waals surface area (Å²) >= 11 is 0. The van der Waals surface area contributed by atoms with Crippen LogP contribution in [0.25, 0.3) is 0 Å². The van der Waals surface area contributed by atoms with Gasteiger partial charge in [-0.05, 0) is 62.8 Å². The van der Waals surface area contributed by atoms with Crippen LogP contribution in [0.3, 0.4) is 0 Å². The Morgan fingerprint density at radius 1 is 1.21 bits per heavy atom. The molecular formula is C17H33NO. The molecule has 0 aliphatic heterocycles. The predicted molar refractivity (Wildman–Crippen MR) is 81.4 cm³/mol. The molecular weight excluding hydrogens is 234 g/mol. The molecule has 0 spiro atoms. The molecule has 2 fully saturated rings. The maximum Gasteiger partial charge on any atom is 0.0731 e. The Morgan fingerprint density at radius 3 is 2.68 bits per heavy atom. The van der Waals surface area contributed by atoms with Crippen molar-refractivity contribution < 1.29 is 4.74 Å². The Hall–Kier alpha value is -0.0800. The molecule has 1 N–H and O–H groups in total. The van der Waals surface area contributed by atoms with Gasteiger partial charge in [0, 0.05) is 6.04 Å². The zero-order valence-corrected chi connectivity index (χ0v) is 13.4. The fourth-order valence-corrected chi connectivity index (χ4v) is 4.26. The molecule has 0 amide bonds. The van der Waals surface area contributed by atoms with Crippen molar-refractivity contribution in [3.63, 3.8) is 0 Å². The van der Waals surface area contributed by atoms with Crippen LogP contribution < -0.4 is 5.32 Å². The third-order valence-corrected chi connectivity index (χ3v) is 4.82. The predicted octanol–water partition coefficient (Wildman–Crippen LogP) is 4.14. The Morgan fingerprint density at radius 2 is 2.00 bits per heavy atom. The molecule has 2 saturated carbocycles. The van der Waals surface area contributed by atoms with Crippen molar-refractivity contribution in [1.29, 1.82) is 0 Å². The summed E-state index contributed by atoms with van der Waals surface area (Å²) in [6, 6.07) is 0.611. The van der Waals surface area contributed by atoms with Crippen molar-refractivity contribution in [2.75, 3.05) is 6.54 Å². The first-order valence-corrected chi connectivity index (χ1v) is 8.39. The van der Waals surface area contributed by atoms with Crippen LogP contribution >= 0.6 is 0 Å². The minimum absolute atomic E-state index is 0.466. The molecule has 2 aliphatic carbocycles. The number of ether oxygens (including phenoxy) is 1. The zero-order valence-electron chi connectivity index (χ0n) is 13.4. The molecule has 0 radical (unpaired) electrons. The van der Waals surface area contributed by atoms with Crippen molar-refractivity contribution in [1.82, 2.24) is 5.32 Å². The standard InChI is InChI=1S/C17H33NO/c1-5-9-18-15-7-6-8-16(15)19-14-10-13(2)11-17(3,4)12-14/h13-16,18H,5-12H2,1-4H3. The van der Waals surface area contributed by atoms with Gasteiger partial charge in [0.15, 0.2) is 0 Å². The minimum Gasteiger partial charge on any atom is -0.373 e. The molecule has 0 aromatic rings. The van der Waals surface area contributed by atoms with E-state index in [1.807, 2.05) is 0 Å². The molecule has 4 atom stereocenters. The number of hydrogen-bond acceptors (Lipinski definition) is 2. The lowest BCUT2D eigenvalue weighted by molar-refractivity contribution is -0.0707. The molecule has 0 heterocycles. The molecule has 0 saturated heterocycles. The molecule has 4 unspecified atom stereocenters. The number of nitrogens with one attached hydrogen (secondary N) is 1. The second-order valence-electron chi connectivity index (χ2n) is 7.70. The van der Waals surface area contributed by atoms with Crippen LogP contribution in [0.2, 0.25) is 0 Å². The van der Waals surface area contributed by atoms with Crippen LogP contribution in [0.15, 0.2) is 0 Å². The summed E-state index contributed by atoms with van der Waals surface area (Å²) in [4.78, 5) is 0. The van der Waals surface area contributed by atoms with Gasteiger partial charge in [0.25, 0.3) is 0 Å². The molecule has 0 aromatic carbocycles. The highest BCUT2D eigenvalue weighted by Gasteiger charge is 2.36. The van der Waals surface area contributed by atoms with Crippen LogP contribution in [0.5, 0.6) is 0 Å². The summed E-state index contributed by atoms with van der Waals surface area (Å²) in [5, 5.41) is 3.68. The first-order chi connectivity index (χ1) is 9.00. The zero-order chi connectivity index (χ0) is 13.9. The van der Waals surface area contributed by atoms with E-state index in [1.54, 1.807) is 0 Å². The fourth-order valence-electron chi connectivity index (χ4n) is 4.26. The Bertz CT molecular complexity index is 276. The van der Waals surface area contributed by atoms with Crippen molar-refractivity contribution in [3.8, 4) is 0 Å². The highest BCUT2D eigenvalue weighted by atomic mass is 16.5. The van der Waals surface area contributed by atoms with Gasteiger partial charge in [-0.25, -0.2) is 0 Å². The lowest BCUT2D eigenvalue weighted by Gasteiger charge is -2.40. The van der Waals surface area contributed by atoms with Gasteiger partial charge in [-0.15, -0.1) is 0 Å². The Kier molecular flexibility index (Phi) is 5.30. The van der Waals surface area contributed by atoms with E-state index >= 15 is 0 Å². The summed E-state index contributed by atoms with van der Waals surface area (Å²) in [5.74, 6) is 0.817. The van der Waals surface area contributed by atoms with Gasteiger partial charge in [-0.3, -0.25) is 0 Å². The first-order valence-electron chi connectivity index (χ1n) is 8.39. The third-order valence-electron chi connectivity index (χ3n) is 4.82. The van der Waals surface area contributed by atoms with E-state index in [4.69, 9.17) is 4.74 Å². The van der Waals surface area contributed by atoms with Crippen molar-refractivity contribution in [2.45, 2.75) is 90.9 Å². The number of rotatable bonds is 5. The second-order valence-corrected chi connectivity index (χ2v) is 7.70. The van der Waals surface area contributed by atoms with Crippen LogP contribution in [-0.2, 0) is 4.74 Å². The lowest BCUT2D eigenvalue weighted by atomic mass is 9.71. The Labute approximate surface area is 119 Å². The molecule has 0 aromatic heterocycles. The van der Waals surface area contributed by atoms with E-state index in [2.05, 4.69) is 33.0 Å². The van der Waals surface area contributed by atoms with E-state index in [-0.39, 0.29) is 0 Å². The average Bonchev–Trinajstić information content (AvgIpc) is 2.71. The lowest BCUT2D eigenvalue weighted by Crippen LogP contribution is -2.42. The highest BCUT2D eigenvalue weighted by molar-refractivity contribution is 4.88. The van der Waals surface area contributed by atoms with Gasteiger partial charge in [-0.1, -0.05) is 27.7 Å². The summed E-state index contributed by atoms with van der Waals surface area (Å²) < 4.78 is 6.51. The van der Waals surface area contributed by atoms with Gasteiger partial charge in [-0.2, -0.15) is 0 Å². The van der Waals surface area contributed by atoms with E-state index < -0.39 is 0 Å². The highest BCUT2D eigenvalue weighted by Crippen LogP contribution is 2.41. The second kappa shape index (κ2) is 6.58. The quantitative estimate of drug-likeness (QED) is 0.808. The van der Waals surface area contributed by atoms with Crippen molar-refractivity contribution in [2.24, 2.45) is 11.3 Å². The topological polar surface area (TPSA) is 21.3 Å². The van der Waals surface area contributed by atoms with Crippen molar-refractivity contribution in [3.05, 3.63) is 0 Å². The molecule has 2 nitrogen and oxygen atoms in total. The first kappa shape index (κ1) is 15.3. The average molecular weight is 267 g/mol. The van der Waals surface area contributed by atoms with E-state index in [1.165, 1.54) is 44.9 Å². The van der Waals surface area contributed by atoms with Gasteiger partial charge in [0.2, 0.25) is 0 Å². The van der Waals surface area contributed by atoms with E-state index in [9.17, 15) is 0 Å². The largest absolute Gasteiger partial charge is 0.373 e. The number of hydrogen-bond donors (Lipinski definition) is 1. The smallest absolute Gasteiger partial charge is 0.0731 e. The summed E-state index contributed by atoms with van der Waals surface area (Å²) in [7, 11) is 0.